The Bertz CT molecular complexity index is 141. The summed E-state index contributed by atoms with van der Waals surface area (Å²) < 4.78 is 5.57. The predicted molar refractivity (Wildman–Crippen MR) is 60.5 cm³/mol. The first-order chi connectivity index (χ1) is 6.68. The van der Waals surface area contributed by atoms with Crippen LogP contribution in [0.2, 0.25) is 0 Å². The molecule has 0 aromatic heterocycles. The fourth-order valence-corrected chi connectivity index (χ4v) is 1.82. The van der Waals surface area contributed by atoms with Gasteiger partial charge in [-0.25, -0.2) is 0 Å². The van der Waals surface area contributed by atoms with Crippen molar-refractivity contribution in [2.24, 2.45) is 5.92 Å². The van der Waals surface area contributed by atoms with Crippen molar-refractivity contribution in [3.05, 3.63) is 0 Å². The quantitative estimate of drug-likeness (QED) is 0.710. The van der Waals surface area contributed by atoms with Gasteiger partial charge in [0.1, 0.15) is 0 Å². The normalized spacial score (nSPS) is 24.4. The summed E-state index contributed by atoms with van der Waals surface area (Å²) in [5.74, 6) is 0.821. The summed E-state index contributed by atoms with van der Waals surface area (Å²) in [6, 6.07) is 0.640. The van der Waals surface area contributed by atoms with Crippen LogP contribution in [0.25, 0.3) is 0 Å². The first kappa shape index (κ1) is 12.0. The second-order valence-corrected chi connectivity index (χ2v) is 4.92. The fourth-order valence-electron chi connectivity index (χ4n) is 1.82. The molecule has 0 aromatic carbocycles. The van der Waals surface area contributed by atoms with Crippen molar-refractivity contribution in [1.82, 2.24) is 5.32 Å². The van der Waals surface area contributed by atoms with Gasteiger partial charge in [0.25, 0.3) is 0 Å². The number of hydrogen-bond acceptors (Lipinski definition) is 2. The van der Waals surface area contributed by atoms with E-state index in [1.165, 1.54) is 25.7 Å². The molecule has 0 unspecified atom stereocenters. The molecule has 1 aliphatic heterocycles. The Morgan fingerprint density at radius 3 is 2.64 bits per heavy atom. The van der Waals surface area contributed by atoms with Gasteiger partial charge in [0.15, 0.2) is 0 Å². The monoisotopic (exact) mass is 199 g/mol. The van der Waals surface area contributed by atoms with E-state index in [9.17, 15) is 0 Å². The lowest BCUT2D eigenvalue weighted by Crippen LogP contribution is -2.33. The Labute approximate surface area is 88.4 Å². The zero-order chi connectivity index (χ0) is 10.4. The van der Waals surface area contributed by atoms with E-state index in [-0.39, 0.29) is 0 Å². The Morgan fingerprint density at radius 1 is 1.29 bits per heavy atom. The molecule has 2 heteroatoms. The van der Waals surface area contributed by atoms with Crippen molar-refractivity contribution < 1.29 is 4.74 Å². The zero-order valence-electron chi connectivity index (χ0n) is 9.88. The summed E-state index contributed by atoms with van der Waals surface area (Å²) >= 11 is 0. The number of nitrogens with one attached hydrogen (secondary N) is 1. The lowest BCUT2D eigenvalue weighted by Gasteiger charge is -2.17. The molecule has 0 saturated carbocycles. The summed E-state index contributed by atoms with van der Waals surface area (Å²) in [6.45, 7) is 8.85. The van der Waals surface area contributed by atoms with E-state index in [2.05, 4.69) is 26.1 Å². The van der Waals surface area contributed by atoms with Crippen LogP contribution >= 0.6 is 0 Å². The topological polar surface area (TPSA) is 21.3 Å². The summed E-state index contributed by atoms with van der Waals surface area (Å²) in [5, 5.41) is 3.55. The average molecular weight is 199 g/mol. The molecule has 2 atom stereocenters. The van der Waals surface area contributed by atoms with Gasteiger partial charge in [-0.15, -0.1) is 0 Å². The van der Waals surface area contributed by atoms with E-state index in [0.29, 0.717) is 12.1 Å². The van der Waals surface area contributed by atoms with Crippen LogP contribution in [-0.4, -0.2) is 25.3 Å². The molecule has 2 nitrogen and oxygen atoms in total. The van der Waals surface area contributed by atoms with E-state index in [4.69, 9.17) is 4.74 Å². The van der Waals surface area contributed by atoms with Crippen molar-refractivity contribution in [1.29, 1.82) is 0 Å². The van der Waals surface area contributed by atoms with Gasteiger partial charge in [-0.3, -0.25) is 0 Å². The molecular formula is C12H25NO. The second kappa shape index (κ2) is 6.41. The Kier molecular flexibility index (Phi) is 5.49. The minimum atomic E-state index is 0.483. The molecule has 0 amide bonds. The highest BCUT2D eigenvalue weighted by molar-refractivity contribution is 4.70. The first-order valence-electron chi connectivity index (χ1n) is 6.03. The molecular weight excluding hydrogens is 174 g/mol. The van der Waals surface area contributed by atoms with Gasteiger partial charge in [-0.05, 0) is 38.5 Å². The van der Waals surface area contributed by atoms with Crippen LogP contribution in [0.1, 0.15) is 46.5 Å². The number of rotatable bonds is 6. The largest absolute Gasteiger partial charge is 0.377 e. The standard InChI is InChI=1S/C12H25NO/c1-10(2)6-7-11(3)13-9-12-5-4-8-14-12/h10-13H,4-9H2,1-3H3/t11-,12+/m0/s1. The van der Waals surface area contributed by atoms with Gasteiger partial charge in [-0.2, -0.15) is 0 Å². The van der Waals surface area contributed by atoms with E-state index >= 15 is 0 Å². The van der Waals surface area contributed by atoms with Crippen LogP contribution in [0, 0.1) is 5.92 Å². The summed E-state index contributed by atoms with van der Waals surface area (Å²) in [7, 11) is 0. The van der Waals surface area contributed by atoms with Crippen molar-refractivity contribution in [3.63, 3.8) is 0 Å². The fraction of sp³-hybridized carbons (Fsp3) is 1.00. The van der Waals surface area contributed by atoms with Gasteiger partial charge in [0, 0.05) is 19.2 Å². The maximum Gasteiger partial charge on any atom is 0.0700 e. The van der Waals surface area contributed by atoms with Crippen LogP contribution in [-0.2, 0) is 4.74 Å². The van der Waals surface area contributed by atoms with Gasteiger partial charge < -0.3 is 10.1 Å². The van der Waals surface area contributed by atoms with Crippen LogP contribution in [0.3, 0.4) is 0 Å². The highest BCUT2D eigenvalue weighted by Gasteiger charge is 2.15. The minimum Gasteiger partial charge on any atom is -0.377 e. The maximum absolute atomic E-state index is 5.57. The SMILES string of the molecule is CC(C)CC[C@H](C)NC[C@H]1CCCO1. The van der Waals surface area contributed by atoms with Crippen LogP contribution < -0.4 is 5.32 Å². The molecule has 0 bridgehead atoms. The summed E-state index contributed by atoms with van der Waals surface area (Å²) in [5.41, 5.74) is 0. The highest BCUT2D eigenvalue weighted by atomic mass is 16.5. The van der Waals surface area contributed by atoms with Crippen LogP contribution in [0.15, 0.2) is 0 Å². The Morgan fingerprint density at radius 2 is 2.07 bits per heavy atom. The lowest BCUT2D eigenvalue weighted by atomic mass is 10.0. The highest BCUT2D eigenvalue weighted by Crippen LogP contribution is 2.11. The Hall–Kier alpha value is -0.0800. The molecule has 0 aliphatic carbocycles. The van der Waals surface area contributed by atoms with E-state index in [0.717, 1.165) is 19.1 Å². The maximum atomic E-state index is 5.57. The third-order valence-corrected chi connectivity index (χ3v) is 2.90. The molecule has 1 heterocycles. The molecule has 14 heavy (non-hydrogen) atoms. The van der Waals surface area contributed by atoms with Crippen LogP contribution in [0.5, 0.6) is 0 Å². The van der Waals surface area contributed by atoms with Gasteiger partial charge >= 0.3 is 0 Å². The van der Waals surface area contributed by atoms with Gasteiger partial charge in [0.05, 0.1) is 6.10 Å². The molecule has 1 fully saturated rings. The Balaban J connectivity index is 1.99. The first-order valence-corrected chi connectivity index (χ1v) is 6.03. The molecule has 1 N–H and O–H groups in total. The lowest BCUT2D eigenvalue weighted by molar-refractivity contribution is 0.107. The van der Waals surface area contributed by atoms with Crippen LogP contribution in [0.4, 0.5) is 0 Å². The smallest absolute Gasteiger partial charge is 0.0700 e. The van der Waals surface area contributed by atoms with E-state index in [1.54, 1.807) is 0 Å². The molecule has 1 rings (SSSR count). The third-order valence-electron chi connectivity index (χ3n) is 2.90. The molecule has 1 aliphatic rings. The minimum absolute atomic E-state index is 0.483. The third kappa shape index (κ3) is 4.97. The van der Waals surface area contributed by atoms with Gasteiger partial charge in [-0.1, -0.05) is 13.8 Å². The molecule has 1 saturated heterocycles. The van der Waals surface area contributed by atoms with Crippen molar-refractivity contribution in [2.75, 3.05) is 13.2 Å². The molecule has 0 spiro atoms. The molecule has 84 valence electrons. The number of ether oxygens (including phenoxy) is 1. The van der Waals surface area contributed by atoms with E-state index in [1.807, 2.05) is 0 Å². The molecule has 0 aromatic rings. The summed E-state index contributed by atoms with van der Waals surface area (Å²) in [4.78, 5) is 0. The molecule has 0 radical (unpaired) electrons. The predicted octanol–water partition coefficient (Wildman–Crippen LogP) is 2.58. The van der Waals surface area contributed by atoms with Gasteiger partial charge in [0.2, 0.25) is 0 Å². The van der Waals surface area contributed by atoms with Crippen molar-refractivity contribution in [2.45, 2.75) is 58.6 Å². The van der Waals surface area contributed by atoms with E-state index < -0.39 is 0 Å². The zero-order valence-corrected chi connectivity index (χ0v) is 9.88. The number of hydrogen-bond donors (Lipinski definition) is 1. The van der Waals surface area contributed by atoms with Crippen molar-refractivity contribution >= 4 is 0 Å². The van der Waals surface area contributed by atoms with Crippen molar-refractivity contribution in [3.8, 4) is 0 Å². The second-order valence-electron chi connectivity index (χ2n) is 4.92. The average Bonchev–Trinajstić information content (AvgIpc) is 2.63. The summed E-state index contributed by atoms with van der Waals surface area (Å²) in [6.07, 6.45) is 5.57.